The monoisotopic (exact) mass is 793 g/mol. The van der Waals surface area contributed by atoms with Crippen LogP contribution < -0.4 is 10.1 Å². The van der Waals surface area contributed by atoms with Crippen LogP contribution in [0.2, 0.25) is 0 Å². The Morgan fingerprint density at radius 1 is 0.965 bits per heavy atom. The first-order valence-corrected chi connectivity index (χ1v) is 19.2. The van der Waals surface area contributed by atoms with E-state index in [4.69, 9.17) is 18.9 Å². The highest BCUT2D eigenvalue weighted by Gasteiger charge is 2.50. The van der Waals surface area contributed by atoms with Gasteiger partial charge >= 0.3 is 11.8 Å². The highest BCUT2D eigenvalue weighted by Crippen LogP contribution is 2.57. The van der Waals surface area contributed by atoms with Crippen LogP contribution in [0.1, 0.15) is 77.2 Å². The third-order valence-electron chi connectivity index (χ3n) is 11.5. The fraction of sp³-hybridized carbons (Fsp3) is 0.524. The van der Waals surface area contributed by atoms with E-state index in [0.717, 1.165) is 12.8 Å². The van der Waals surface area contributed by atoms with E-state index in [9.17, 15) is 39.9 Å². The fourth-order valence-electron chi connectivity index (χ4n) is 7.83. The maximum atomic E-state index is 14.4. The van der Waals surface area contributed by atoms with Crippen molar-refractivity contribution in [2.24, 2.45) is 28.7 Å². The van der Waals surface area contributed by atoms with Crippen molar-refractivity contribution < 1.29 is 58.9 Å². The van der Waals surface area contributed by atoms with E-state index in [0.29, 0.717) is 13.1 Å². The molecule has 5 bridgehead atoms. The summed E-state index contributed by atoms with van der Waals surface area (Å²) in [4.78, 5) is 46.7. The van der Waals surface area contributed by atoms with Crippen LogP contribution in [-0.2, 0) is 23.8 Å². The molecule has 0 unspecified atom stereocenters. The van der Waals surface area contributed by atoms with E-state index in [1.165, 1.54) is 59.6 Å². The average molecular weight is 794 g/mol. The third kappa shape index (κ3) is 8.32. The summed E-state index contributed by atoms with van der Waals surface area (Å²) in [7, 11) is 1.44. The molecule has 0 saturated carbocycles. The highest BCUT2D eigenvalue weighted by molar-refractivity contribution is 6.23. The third-order valence-corrected chi connectivity index (χ3v) is 11.5. The predicted octanol–water partition coefficient (Wildman–Crippen LogP) is 5.51. The van der Waals surface area contributed by atoms with Crippen LogP contribution in [0, 0.1) is 30.6 Å². The maximum Gasteiger partial charge on any atom is 0.312 e. The molecule has 57 heavy (non-hydrogen) atoms. The minimum atomic E-state index is -2.04. The largest absolute Gasteiger partial charge is 0.507 e. The number of benzene rings is 2. The molecular formula is C42H55N3O12. The van der Waals surface area contributed by atoms with Gasteiger partial charge in [-0.2, -0.15) is 0 Å². The first-order chi connectivity index (χ1) is 26.8. The minimum absolute atomic E-state index is 0.0554. The molecule has 6 N–H and O–H groups in total. The number of fused-ring (bicyclic) bond motifs is 14. The molecule has 4 aliphatic heterocycles. The summed E-state index contributed by atoms with van der Waals surface area (Å²) >= 11 is 0. The summed E-state index contributed by atoms with van der Waals surface area (Å²) < 4.78 is 23.5. The predicted molar refractivity (Wildman–Crippen MR) is 213 cm³/mol. The number of nitrogens with one attached hydrogen (secondary N) is 1. The van der Waals surface area contributed by atoms with Gasteiger partial charge in [-0.05, 0) is 32.8 Å². The molecule has 0 radical (unpaired) electrons. The number of allylic oxidation sites excluding steroid dienone is 2. The number of likely N-dealkylation sites (tertiary alicyclic amines) is 1. The molecule has 0 spiro atoms. The van der Waals surface area contributed by atoms with Gasteiger partial charge in [0.2, 0.25) is 0 Å². The number of methoxy groups -OCH3 is 1. The molecule has 1 amide bonds. The van der Waals surface area contributed by atoms with Crippen LogP contribution in [0.25, 0.3) is 10.8 Å². The van der Waals surface area contributed by atoms with Crippen LogP contribution >= 0.6 is 0 Å². The summed E-state index contributed by atoms with van der Waals surface area (Å²) in [6, 6.07) is 0. The smallest absolute Gasteiger partial charge is 0.312 e. The Morgan fingerprint density at radius 3 is 2.26 bits per heavy atom. The number of Topliss-reactive ketones (excluding diaryl/α,β-unsaturated/α-hetero) is 1. The number of aliphatic imine (C=N–C) groups is 1. The number of aliphatic hydroxyl groups is 2. The summed E-state index contributed by atoms with van der Waals surface area (Å²) in [5.41, 5.74) is -0.525. The van der Waals surface area contributed by atoms with E-state index in [1.807, 2.05) is 4.90 Å². The lowest BCUT2D eigenvalue weighted by molar-refractivity contribution is -0.160. The summed E-state index contributed by atoms with van der Waals surface area (Å²) in [6.45, 7) is 13.9. The molecule has 0 aromatic heterocycles. The van der Waals surface area contributed by atoms with Crippen LogP contribution in [0.15, 0.2) is 41.1 Å². The molecule has 1 fully saturated rings. The second-order valence-electron chi connectivity index (χ2n) is 15.5. The summed E-state index contributed by atoms with van der Waals surface area (Å²) in [6.07, 6.45) is 6.90. The number of esters is 1. The zero-order chi connectivity index (χ0) is 42.1. The Labute approximate surface area is 332 Å². The number of aromatic hydroxyl groups is 3. The number of nitrogens with zero attached hydrogens (tertiary/aromatic N) is 2. The second-order valence-corrected chi connectivity index (χ2v) is 15.5. The van der Waals surface area contributed by atoms with Gasteiger partial charge in [-0.1, -0.05) is 45.9 Å². The van der Waals surface area contributed by atoms with Crippen molar-refractivity contribution in [2.75, 3.05) is 25.5 Å². The molecule has 4 heterocycles. The van der Waals surface area contributed by atoms with Gasteiger partial charge in [0.05, 0.1) is 41.9 Å². The van der Waals surface area contributed by atoms with E-state index in [-0.39, 0.29) is 44.6 Å². The van der Waals surface area contributed by atoms with Crippen LogP contribution in [0.4, 0.5) is 11.4 Å². The van der Waals surface area contributed by atoms with Crippen molar-refractivity contribution in [3.8, 4) is 23.0 Å². The van der Waals surface area contributed by atoms with Gasteiger partial charge in [0, 0.05) is 74.2 Å². The lowest BCUT2D eigenvalue weighted by Crippen LogP contribution is -2.46. The van der Waals surface area contributed by atoms with Gasteiger partial charge < -0.3 is 54.7 Å². The van der Waals surface area contributed by atoms with E-state index in [2.05, 4.69) is 10.3 Å². The maximum absolute atomic E-state index is 14.4. The van der Waals surface area contributed by atoms with Crippen molar-refractivity contribution >= 4 is 46.1 Å². The summed E-state index contributed by atoms with van der Waals surface area (Å²) in [5, 5.41) is 60.2. The molecule has 9 atom stereocenters. The molecule has 1 saturated heterocycles. The Hall–Kier alpha value is -5.12. The molecular weight excluding hydrogens is 738 g/mol. The number of hydrogen-bond acceptors (Lipinski definition) is 13. The van der Waals surface area contributed by atoms with E-state index in [1.54, 1.807) is 39.8 Å². The van der Waals surface area contributed by atoms with Gasteiger partial charge in [0.1, 0.15) is 29.0 Å². The normalized spacial score (nSPS) is 32.2. The number of hydrogen-bond donors (Lipinski definition) is 6. The van der Waals surface area contributed by atoms with E-state index >= 15 is 0 Å². The van der Waals surface area contributed by atoms with Crippen molar-refractivity contribution in [1.82, 2.24) is 4.90 Å². The van der Waals surface area contributed by atoms with Gasteiger partial charge in [0.15, 0.2) is 11.5 Å². The van der Waals surface area contributed by atoms with Gasteiger partial charge in [-0.15, -0.1) is 0 Å². The first kappa shape index (κ1) is 43.0. The minimum Gasteiger partial charge on any atom is -0.507 e. The molecule has 2 aromatic rings. The van der Waals surface area contributed by atoms with Crippen molar-refractivity contribution in [3.05, 3.63) is 47.3 Å². The number of ketones is 1. The Bertz CT molecular complexity index is 2020. The first-order valence-electron chi connectivity index (χ1n) is 19.2. The molecule has 15 nitrogen and oxygen atoms in total. The van der Waals surface area contributed by atoms with Crippen molar-refractivity contribution in [1.29, 1.82) is 0 Å². The molecule has 4 aliphatic rings. The quantitative estimate of drug-likeness (QED) is 0.0741. The highest BCUT2D eigenvalue weighted by atomic mass is 16.7. The van der Waals surface area contributed by atoms with E-state index < -0.39 is 88.8 Å². The fourth-order valence-corrected chi connectivity index (χ4v) is 7.83. The number of amides is 1. The molecule has 6 rings (SSSR count). The topological polar surface area (TPSA) is 217 Å². The second kappa shape index (κ2) is 17.2. The standard InChI is InChI=1S/C42H55N3O12/c1-20-13-12-14-21(2)41(53)44-32-31(43-19-45-16-10-11-17-45)36(50)28-29(37(32)51)35(49)25(6)39-30(28)40(52)42(8,57-39)55-18-15-27(54-9)22(3)38(56-26(7)46)24(5)34(48)23(4)33(20)47/h12-15,18-20,22-24,27,33-34,38,47-51H,10-11,16-17H2,1-9H3,(H,44,53)/b13-12+,18-15+,21-14-,43-19?/t20-,22+,23+,24+,27-,33-,34+,38+,42-/m0/s1. The lowest BCUT2D eigenvalue weighted by atomic mass is 9.78. The van der Waals surface area contributed by atoms with Gasteiger partial charge in [-0.25, -0.2) is 4.99 Å². The lowest BCUT2D eigenvalue weighted by Gasteiger charge is -2.38. The number of carbonyl (C=O) groups is 3. The number of carbonyl (C=O) groups excluding carboxylic acids is 3. The van der Waals surface area contributed by atoms with Gasteiger partial charge in [0.25, 0.3) is 11.7 Å². The average Bonchev–Trinajstić information content (AvgIpc) is 3.79. The molecule has 310 valence electrons. The Kier molecular flexibility index (Phi) is 13.0. The molecule has 15 heteroatoms. The number of aliphatic hydroxyl groups excluding tert-OH is 2. The van der Waals surface area contributed by atoms with Crippen LogP contribution in [0.5, 0.6) is 23.0 Å². The molecule has 0 aliphatic carbocycles. The Morgan fingerprint density at radius 2 is 1.63 bits per heavy atom. The Balaban J connectivity index is 1.71. The molecule has 2 aromatic carbocycles. The number of phenols is 3. The van der Waals surface area contributed by atoms with Crippen LogP contribution in [0.3, 0.4) is 0 Å². The van der Waals surface area contributed by atoms with Crippen LogP contribution in [-0.4, -0.2) is 105 Å². The number of anilines is 1. The SMILES string of the molecule is CO[C@H]1/C=C/O[C@@]2(C)Oc3c(C)c(O)c4c(O)c(c(N=CN5CCCC5)c(O)c4c3C2=O)NC(=O)/C(C)=C\C=C\[C@H](C)[C@H](O)[C@@H](C)[C@@H](O)[C@@H](C)[C@H](OC(C)=O)[C@@H]1C. The van der Waals surface area contributed by atoms with Crippen molar-refractivity contribution in [3.63, 3.8) is 0 Å². The number of rotatable bonds is 4. The number of phenolic OH excluding ortho intramolecular Hbond substituents is 3. The number of ether oxygens (including phenoxy) is 4. The zero-order valence-corrected chi connectivity index (χ0v) is 33.9. The zero-order valence-electron chi connectivity index (χ0n) is 33.9. The van der Waals surface area contributed by atoms with Crippen molar-refractivity contribution in [2.45, 2.75) is 98.4 Å². The summed E-state index contributed by atoms with van der Waals surface area (Å²) in [5.74, 6) is -8.39. The van der Waals surface area contributed by atoms with Gasteiger partial charge in [-0.3, -0.25) is 14.4 Å².